The number of carbonyl (C=O) groups is 1. The van der Waals surface area contributed by atoms with Crippen molar-refractivity contribution in [3.05, 3.63) is 0 Å². The molecule has 5 heteroatoms. The van der Waals surface area contributed by atoms with Crippen LogP contribution in [-0.4, -0.2) is 55.0 Å². The number of β-amino-alcohol motifs (C(OH)–C–C–N with tert-alkyl or cyclic N) is 1. The lowest BCUT2D eigenvalue weighted by Gasteiger charge is -2.34. The van der Waals surface area contributed by atoms with Gasteiger partial charge in [-0.15, -0.1) is 0 Å². The van der Waals surface area contributed by atoms with Crippen LogP contribution in [0.4, 0.5) is 4.79 Å². The first kappa shape index (κ1) is 12.3. The predicted molar refractivity (Wildman–Crippen MR) is 56.7 cm³/mol. The number of methoxy groups -OCH3 is 1. The van der Waals surface area contributed by atoms with E-state index in [1.807, 2.05) is 0 Å². The molecule has 1 unspecified atom stereocenters. The Morgan fingerprint density at radius 2 is 2.40 bits per heavy atom. The van der Waals surface area contributed by atoms with Crippen molar-refractivity contribution >= 4 is 6.03 Å². The van der Waals surface area contributed by atoms with Crippen LogP contribution in [0.1, 0.15) is 19.8 Å². The van der Waals surface area contributed by atoms with Crippen molar-refractivity contribution in [2.45, 2.75) is 25.4 Å². The minimum absolute atomic E-state index is 0.0843. The van der Waals surface area contributed by atoms with Crippen LogP contribution in [0.3, 0.4) is 0 Å². The summed E-state index contributed by atoms with van der Waals surface area (Å²) in [6.45, 7) is 4.04. The smallest absolute Gasteiger partial charge is 0.317 e. The van der Waals surface area contributed by atoms with Gasteiger partial charge in [0.05, 0.1) is 12.1 Å². The zero-order valence-electron chi connectivity index (χ0n) is 9.45. The molecule has 0 aromatic rings. The Kier molecular flexibility index (Phi) is 4.35. The number of ether oxygens (including phenoxy) is 1. The molecule has 1 fully saturated rings. The summed E-state index contributed by atoms with van der Waals surface area (Å²) < 4.78 is 4.91. The summed E-state index contributed by atoms with van der Waals surface area (Å²) in [5.41, 5.74) is -0.870. The van der Waals surface area contributed by atoms with E-state index < -0.39 is 5.60 Å². The van der Waals surface area contributed by atoms with Gasteiger partial charge in [0.15, 0.2) is 0 Å². The topological polar surface area (TPSA) is 61.8 Å². The molecule has 2 N–H and O–H groups in total. The van der Waals surface area contributed by atoms with Gasteiger partial charge in [-0.05, 0) is 13.3 Å². The summed E-state index contributed by atoms with van der Waals surface area (Å²) >= 11 is 0. The van der Waals surface area contributed by atoms with Crippen molar-refractivity contribution in [2.24, 2.45) is 0 Å². The predicted octanol–water partition coefficient (Wildman–Crippen LogP) is 0.189. The van der Waals surface area contributed by atoms with Crippen LogP contribution in [0.25, 0.3) is 0 Å². The largest absolute Gasteiger partial charge is 0.388 e. The van der Waals surface area contributed by atoms with Crippen molar-refractivity contribution in [1.82, 2.24) is 10.2 Å². The lowest BCUT2D eigenvalue weighted by atomic mass is 10.0. The lowest BCUT2D eigenvalue weighted by molar-refractivity contribution is 0.000773. The number of aliphatic hydroxyl groups is 1. The monoisotopic (exact) mass is 216 g/mol. The zero-order valence-corrected chi connectivity index (χ0v) is 9.45. The van der Waals surface area contributed by atoms with E-state index in [1.165, 1.54) is 0 Å². The van der Waals surface area contributed by atoms with Crippen molar-refractivity contribution < 1.29 is 14.6 Å². The maximum atomic E-state index is 11.4. The van der Waals surface area contributed by atoms with E-state index in [0.717, 1.165) is 19.5 Å². The van der Waals surface area contributed by atoms with E-state index in [1.54, 1.807) is 18.9 Å². The van der Waals surface area contributed by atoms with Gasteiger partial charge < -0.3 is 20.1 Å². The van der Waals surface area contributed by atoms with Crippen molar-refractivity contribution in [3.8, 4) is 0 Å². The molecule has 88 valence electrons. The number of rotatable bonds is 5. The summed E-state index contributed by atoms with van der Waals surface area (Å²) in [5, 5.41) is 12.8. The molecule has 0 bridgehead atoms. The van der Waals surface area contributed by atoms with Crippen LogP contribution in [-0.2, 0) is 4.74 Å². The first-order chi connectivity index (χ1) is 7.05. The Labute approximate surface area is 90.4 Å². The highest BCUT2D eigenvalue weighted by molar-refractivity contribution is 5.74. The quantitative estimate of drug-likeness (QED) is 0.689. The van der Waals surface area contributed by atoms with Gasteiger partial charge in [0.1, 0.15) is 0 Å². The maximum Gasteiger partial charge on any atom is 0.317 e. The molecule has 1 aliphatic heterocycles. The van der Waals surface area contributed by atoms with Crippen molar-refractivity contribution in [3.63, 3.8) is 0 Å². The Bertz CT molecular complexity index is 219. The number of nitrogens with zero attached hydrogens (tertiary/aromatic N) is 1. The van der Waals surface area contributed by atoms with Crippen molar-refractivity contribution in [1.29, 1.82) is 0 Å². The first-order valence-electron chi connectivity index (χ1n) is 5.29. The molecule has 1 aliphatic rings. The average Bonchev–Trinajstić information content (AvgIpc) is 2.18. The standard InChI is InChI=1S/C10H20N2O3/c1-10(14,4-7-15-2)8-12-6-3-5-11-9(12)13/h14H,3-8H2,1-2H3,(H,11,13). The molecular formula is C10H20N2O3. The fraction of sp³-hybridized carbons (Fsp3) is 0.900. The molecule has 2 amide bonds. The molecule has 0 saturated carbocycles. The molecular weight excluding hydrogens is 196 g/mol. The first-order valence-corrected chi connectivity index (χ1v) is 5.29. The number of amides is 2. The molecule has 0 spiro atoms. The molecule has 0 aromatic heterocycles. The highest BCUT2D eigenvalue weighted by Gasteiger charge is 2.27. The van der Waals surface area contributed by atoms with E-state index in [0.29, 0.717) is 19.6 Å². The average molecular weight is 216 g/mol. The van der Waals surface area contributed by atoms with E-state index in [2.05, 4.69) is 5.32 Å². The van der Waals surface area contributed by atoms with E-state index in [-0.39, 0.29) is 6.03 Å². The molecule has 15 heavy (non-hydrogen) atoms. The molecule has 0 aromatic carbocycles. The highest BCUT2D eigenvalue weighted by atomic mass is 16.5. The van der Waals surface area contributed by atoms with Gasteiger partial charge in [-0.25, -0.2) is 4.79 Å². The van der Waals surface area contributed by atoms with Crippen LogP contribution in [0, 0.1) is 0 Å². The highest BCUT2D eigenvalue weighted by Crippen LogP contribution is 2.13. The summed E-state index contributed by atoms with van der Waals surface area (Å²) in [5.74, 6) is 0. The second-order valence-electron chi connectivity index (χ2n) is 4.25. The Hall–Kier alpha value is -0.810. The molecule has 1 heterocycles. The minimum Gasteiger partial charge on any atom is -0.388 e. The Morgan fingerprint density at radius 3 is 3.00 bits per heavy atom. The minimum atomic E-state index is -0.870. The third-order valence-electron chi connectivity index (χ3n) is 2.54. The van der Waals surface area contributed by atoms with Gasteiger partial charge in [-0.3, -0.25) is 0 Å². The Morgan fingerprint density at radius 1 is 1.67 bits per heavy atom. The van der Waals surface area contributed by atoms with Gasteiger partial charge >= 0.3 is 6.03 Å². The molecule has 0 aliphatic carbocycles. The molecule has 1 atom stereocenters. The summed E-state index contributed by atoms with van der Waals surface area (Å²) in [7, 11) is 1.60. The SMILES string of the molecule is COCCC(C)(O)CN1CCCNC1=O. The third-order valence-corrected chi connectivity index (χ3v) is 2.54. The molecule has 0 radical (unpaired) electrons. The van der Waals surface area contributed by atoms with Gasteiger partial charge in [0.25, 0.3) is 0 Å². The Balaban J connectivity index is 2.40. The molecule has 1 saturated heterocycles. The second kappa shape index (κ2) is 5.32. The van der Waals surface area contributed by atoms with Gasteiger partial charge in [0, 0.05) is 33.2 Å². The normalized spacial score (nSPS) is 21.0. The summed E-state index contributed by atoms with van der Waals surface area (Å²) in [6, 6.07) is -0.0843. The maximum absolute atomic E-state index is 11.4. The number of nitrogens with one attached hydrogen (secondary N) is 1. The van der Waals surface area contributed by atoms with Gasteiger partial charge in [-0.1, -0.05) is 0 Å². The van der Waals surface area contributed by atoms with E-state index in [9.17, 15) is 9.90 Å². The zero-order chi connectivity index (χ0) is 11.3. The summed E-state index contributed by atoms with van der Waals surface area (Å²) in [6.07, 6.45) is 1.47. The van der Waals surface area contributed by atoms with Crippen LogP contribution in [0.5, 0.6) is 0 Å². The number of hydrogen-bond donors (Lipinski definition) is 2. The molecule has 1 rings (SSSR count). The van der Waals surface area contributed by atoms with Crippen LogP contribution in [0.15, 0.2) is 0 Å². The van der Waals surface area contributed by atoms with Gasteiger partial charge in [0.2, 0.25) is 0 Å². The van der Waals surface area contributed by atoms with E-state index in [4.69, 9.17) is 4.74 Å². The third kappa shape index (κ3) is 4.05. The number of urea groups is 1. The second-order valence-corrected chi connectivity index (χ2v) is 4.25. The van der Waals surface area contributed by atoms with E-state index >= 15 is 0 Å². The van der Waals surface area contributed by atoms with Crippen LogP contribution < -0.4 is 5.32 Å². The molecule has 5 nitrogen and oxygen atoms in total. The van der Waals surface area contributed by atoms with Crippen LogP contribution in [0.2, 0.25) is 0 Å². The number of carbonyl (C=O) groups excluding carboxylic acids is 1. The number of hydrogen-bond acceptors (Lipinski definition) is 3. The lowest BCUT2D eigenvalue weighted by Crippen LogP contribution is -2.52. The fourth-order valence-electron chi connectivity index (χ4n) is 1.64. The summed E-state index contributed by atoms with van der Waals surface area (Å²) in [4.78, 5) is 13.1. The van der Waals surface area contributed by atoms with Crippen molar-refractivity contribution in [2.75, 3.05) is 33.4 Å². The van der Waals surface area contributed by atoms with Gasteiger partial charge in [-0.2, -0.15) is 0 Å². The fourth-order valence-corrected chi connectivity index (χ4v) is 1.64. The van der Waals surface area contributed by atoms with Crippen LogP contribution >= 0.6 is 0 Å².